The van der Waals surface area contributed by atoms with E-state index >= 15 is 0 Å². The number of ether oxygens (including phenoxy) is 1. The SMILES string of the molecule is COC(=O)/C=C/C1C(C(=O)c2ccccc2)=C(C(=O)c2ccccc2)ON1C(Cc1ccccc1)OO. The van der Waals surface area contributed by atoms with Gasteiger partial charge in [0, 0.05) is 23.6 Å². The zero-order valence-corrected chi connectivity index (χ0v) is 20.0. The summed E-state index contributed by atoms with van der Waals surface area (Å²) < 4.78 is 4.72. The van der Waals surface area contributed by atoms with Crippen LogP contribution < -0.4 is 0 Å². The van der Waals surface area contributed by atoms with Gasteiger partial charge in [0.25, 0.3) is 0 Å². The molecule has 8 nitrogen and oxygen atoms in total. The molecule has 0 saturated heterocycles. The first-order valence-corrected chi connectivity index (χ1v) is 11.5. The van der Waals surface area contributed by atoms with E-state index in [0.717, 1.165) is 11.6 Å². The van der Waals surface area contributed by atoms with Crippen molar-refractivity contribution in [3.63, 3.8) is 0 Å². The molecule has 2 atom stereocenters. The monoisotopic (exact) mass is 499 g/mol. The van der Waals surface area contributed by atoms with Crippen LogP contribution in [0.2, 0.25) is 0 Å². The molecule has 1 N–H and O–H groups in total. The van der Waals surface area contributed by atoms with Crippen LogP contribution in [0.25, 0.3) is 0 Å². The maximum absolute atomic E-state index is 13.8. The molecule has 1 heterocycles. The normalized spacial score (nSPS) is 16.4. The van der Waals surface area contributed by atoms with E-state index in [4.69, 9.17) is 14.5 Å². The first kappa shape index (κ1) is 25.7. The minimum atomic E-state index is -1.13. The molecule has 0 fully saturated rings. The van der Waals surface area contributed by atoms with Gasteiger partial charge in [0.1, 0.15) is 6.04 Å². The fourth-order valence-electron chi connectivity index (χ4n) is 3.99. The molecule has 0 radical (unpaired) electrons. The number of nitrogens with zero attached hydrogens (tertiary/aromatic N) is 1. The molecule has 1 aliphatic heterocycles. The van der Waals surface area contributed by atoms with Crippen molar-refractivity contribution in [1.29, 1.82) is 0 Å². The fourth-order valence-corrected chi connectivity index (χ4v) is 3.99. The average Bonchev–Trinajstić information content (AvgIpc) is 3.34. The lowest BCUT2D eigenvalue weighted by Gasteiger charge is -2.28. The summed E-state index contributed by atoms with van der Waals surface area (Å²) in [7, 11) is 1.22. The van der Waals surface area contributed by atoms with Gasteiger partial charge in [0.2, 0.25) is 11.5 Å². The highest BCUT2D eigenvalue weighted by atomic mass is 17.1. The lowest BCUT2D eigenvalue weighted by Crippen LogP contribution is -2.42. The number of methoxy groups -OCH3 is 1. The Balaban J connectivity index is 1.83. The van der Waals surface area contributed by atoms with Gasteiger partial charge in [-0.05, 0) is 5.56 Å². The molecule has 0 amide bonds. The number of hydroxylamine groups is 2. The number of carbonyl (C=O) groups is 3. The second kappa shape index (κ2) is 12.0. The predicted octanol–water partition coefficient (Wildman–Crippen LogP) is 4.41. The van der Waals surface area contributed by atoms with Crippen molar-refractivity contribution in [2.75, 3.05) is 7.11 Å². The Bertz CT molecular complexity index is 1300. The number of rotatable bonds is 10. The van der Waals surface area contributed by atoms with Crippen molar-refractivity contribution in [2.45, 2.75) is 18.7 Å². The predicted molar refractivity (Wildman–Crippen MR) is 134 cm³/mol. The van der Waals surface area contributed by atoms with Crippen LogP contribution >= 0.6 is 0 Å². The molecule has 0 spiro atoms. The number of hydrogen-bond acceptors (Lipinski definition) is 8. The number of ketones is 2. The lowest BCUT2D eigenvalue weighted by atomic mass is 9.93. The van der Waals surface area contributed by atoms with Gasteiger partial charge in [-0.2, -0.15) is 0 Å². The largest absolute Gasteiger partial charge is 0.466 e. The van der Waals surface area contributed by atoms with Crippen LogP contribution in [0.3, 0.4) is 0 Å². The van der Waals surface area contributed by atoms with E-state index in [-0.39, 0.29) is 17.8 Å². The Morgan fingerprint density at radius 1 is 0.892 bits per heavy atom. The minimum absolute atomic E-state index is 0.00434. The maximum atomic E-state index is 13.8. The molecule has 8 heteroatoms. The Labute approximate surface area is 213 Å². The van der Waals surface area contributed by atoms with Gasteiger partial charge in [-0.1, -0.05) is 102 Å². The Morgan fingerprint density at radius 2 is 1.43 bits per heavy atom. The standard InChI is InChI=1S/C29H25NO7/c1-35-25(31)18-17-23-26(27(32)21-13-7-3-8-14-21)29(28(33)22-15-9-4-10-16-22)36-30(23)24(37-34)19-20-11-5-2-6-12-20/h2-18,23-24,34H,19H2,1H3/b18-17+. The van der Waals surface area contributed by atoms with Crippen molar-refractivity contribution in [2.24, 2.45) is 0 Å². The number of hydrogen-bond donors (Lipinski definition) is 1. The zero-order valence-electron chi connectivity index (χ0n) is 20.0. The number of Topliss-reactive ketones (excluding diaryl/α,β-unsaturated/α-hetero) is 2. The number of benzene rings is 3. The lowest BCUT2D eigenvalue weighted by molar-refractivity contribution is -0.358. The smallest absolute Gasteiger partial charge is 0.330 e. The van der Waals surface area contributed by atoms with E-state index in [1.807, 2.05) is 30.3 Å². The summed E-state index contributed by atoms with van der Waals surface area (Å²) in [5.74, 6) is -1.90. The third kappa shape index (κ3) is 5.90. The highest BCUT2D eigenvalue weighted by Crippen LogP contribution is 2.34. The molecule has 0 aliphatic carbocycles. The van der Waals surface area contributed by atoms with E-state index in [9.17, 15) is 19.6 Å². The van der Waals surface area contributed by atoms with Gasteiger partial charge in [-0.25, -0.2) is 9.68 Å². The maximum Gasteiger partial charge on any atom is 0.330 e. The zero-order chi connectivity index (χ0) is 26.2. The van der Waals surface area contributed by atoms with Gasteiger partial charge in [-0.15, -0.1) is 0 Å². The first-order chi connectivity index (χ1) is 18.0. The molecule has 188 valence electrons. The molecular formula is C29H25NO7. The fraction of sp³-hybridized carbons (Fsp3) is 0.138. The summed E-state index contributed by atoms with van der Waals surface area (Å²) in [5, 5.41) is 11.0. The summed E-state index contributed by atoms with van der Waals surface area (Å²) in [6.45, 7) is 0. The molecule has 2 unspecified atom stereocenters. The van der Waals surface area contributed by atoms with Crippen LogP contribution in [-0.4, -0.2) is 47.2 Å². The quantitative estimate of drug-likeness (QED) is 0.144. The third-order valence-electron chi connectivity index (χ3n) is 5.81. The Hall–Kier alpha value is -4.37. The van der Waals surface area contributed by atoms with Gasteiger partial charge in [0.05, 0.1) is 12.7 Å². The molecule has 1 aliphatic rings. The van der Waals surface area contributed by atoms with Crippen molar-refractivity contribution in [3.8, 4) is 0 Å². The first-order valence-electron chi connectivity index (χ1n) is 11.5. The Morgan fingerprint density at radius 3 is 1.97 bits per heavy atom. The van der Waals surface area contributed by atoms with Crippen LogP contribution in [0.5, 0.6) is 0 Å². The number of allylic oxidation sites excluding steroid dienone is 1. The van der Waals surface area contributed by atoms with Crippen LogP contribution in [0.1, 0.15) is 26.3 Å². The topological polar surface area (TPSA) is 102 Å². The molecule has 0 saturated carbocycles. The van der Waals surface area contributed by atoms with Crippen molar-refractivity contribution >= 4 is 17.5 Å². The van der Waals surface area contributed by atoms with Crippen LogP contribution in [0, 0.1) is 0 Å². The second-order valence-electron chi connectivity index (χ2n) is 8.16. The van der Waals surface area contributed by atoms with E-state index in [1.54, 1.807) is 60.7 Å². The molecule has 0 bridgehead atoms. The van der Waals surface area contributed by atoms with Crippen LogP contribution in [0.4, 0.5) is 0 Å². The van der Waals surface area contributed by atoms with Gasteiger partial charge in [0.15, 0.2) is 12.0 Å². The summed E-state index contributed by atoms with van der Waals surface area (Å²) >= 11 is 0. The number of carbonyl (C=O) groups excluding carboxylic acids is 3. The van der Waals surface area contributed by atoms with Crippen molar-refractivity contribution in [1.82, 2.24) is 5.06 Å². The van der Waals surface area contributed by atoms with Crippen LogP contribution in [-0.2, 0) is 25.7 Å². The van der Waals surface area contributed by atoms with E-state index in [2.05, 4.69) is 0 Å². The summed E-state index contributed by atoms with van der Waals surface area (Å²) in [4.78, 5) is 50.1. The van der Waals surface area contributed by atoms with E-state index < -0.39 is 29.8 Å². The van der Waals surface area contributed by atoms with Gasteiger partial charge in [-0.3, -0.25) is 14.8 Å². The molecule has 0 aromatic heterocycles. The number of esters is 1. The molecular weight excluding hydrogens is 474 g/mol. The molecule has 37 heavy (non-hydrogen) atoms. The van der Waals surface area contributed by atoms with E-state index in [0.29, 0.717) is 11.1 Å². The second-order valence-corrected chi connectivity index (χ2v) is 8.16. The summed E-state index contributed by atoms with van der Waals surface area (Å²) in [6, 6.07) is 24.9. The molecule has 3 aromatic carbocycles. The average molecular weight is 500 g/mol. The van der Waals surface area contributed by atoms with Crippen molar-refractivity contribution in [3.05, 3.63) is 131 Å². The van der Waals surface area contributed by atoms with Crippen LogP contribution in [0.15, 0.2) is 114 Å². The highest BCUT2D eigenvalue weighted by molar-refractivity contribution is 6.18. The van der Waals surface area contributed by atoms with E-state index in [1.165, 1.54) is 18.2 Å². The van der Waals surface area contributed by atoms with Crippen molar-refractivity contribution < 1.29 is 34.1 Å². The van der Waals surface area contributed by atoms with Gasteiger partial charge < -0.3 is 9.57 Å². The molecule has 4 rings (SSSR count). The van der Waals surface area contributed by atoms with Gasteiger partial charge >= 0.3 is 5.97 Å². The summed E-state index contributed by atoms with van der Waals surface area (Å²) in [6.07, 6.45) is 1.53. The summed E-state index contributed by atoms with van der Waals surface area (Å²) in [5.41, 5.74) is 1.43. The highest BCUT2D eigenvalue weighted by Gasteiger charge is 2.45. The third-order valence-corrected chi connectivity index (χ3v) is 5.81. The molecule has 3 aromatic rings. The minimum Gasteiger partial charge on any atom is -0.466 e. The Kier molecular flexibility index (Phi) is 8.37.